The van der Waals surface area contributed by atoms with Gasteiger partial charge in [-0.2, -0.15) is 0 Å². The van der Waals surface area contributed by atoms with E-state index in [9.17, 15) is 14.4 Å². The van der Waals surface area contributed by atoms with E-state index in [4.69, 9.17) is 14.3 Å². The van der Waals surface area contributed by atoms with Crippen LogP contribution >= 0.6 is 0 Å². The number of carboxylic acid groups (broad SMARTS) is 1. The molecule has 1 amide bonds. The molecule has 0 saturated heterocycles. The smallest absolute Gasteiger partial charge is 0.336 e. The largest absolute Gasteiger partial charge is 0.481 e. The molecule has 0 aliphatic heterocycles. The van der Waals surface area contributed by atoms with E-state index >= 15 is 0 Å². The second kappa shape index (κ2) is 9.21. The molecule has 27 heavy (non-hydrogen) atoms. The first kappa shape index (κ1) is 20.5. The van der Waals surface area contributed by atoms with Gasteiger partial charge in [-0.15, -0.1) is 0 Å². The Morgan fingerprint density at radius 1 is 1.22 bits per heavy atom. The normalized spacial score (nSPS) is 13.1. The summed E-state index contributed by atoms with van der Waals surface area (Å²) < 4.78 is 10.9. The van der Waals surface area contributed by atoms with Gasteiger partial charge in [-0.25, -0.2) is 9.59 Å². The number of carbonyl (C=O) groups is 2. The molecule has 0 spiro atoms. The van der Waals surface area contributed by atoms with Gasteiger partial charge in [0.05, 0.1) is 0 Å². The Morgan fingerprint density at radius 3 is 2.59 bits per heavy atom. The van der Waals surface area contributed by atoms with Gasteiger partial charge in [0.1, 0.15) is 17.4 Å². The zero-order valence-corrected chi connectivity index (χ0v) is 15.8. The summed E-state index contributed by atoms with van der Waals surface area (Å²) in [5.74, 6) is -1.23. The molecule has 146 valence electrons. The van der Waals surface area contributed by atoms with E-state index in [0.717, 1.165) is 23.8 Å². The van der Waals surface area contributed by atoms with Crippen LogP contribution in [0.25, 0.3) is 11.0 Å². The van der Waals surface area contributed by atoms with Crippen molar-refractivity contribution in [2.45, 2.75) is 58.6 Å². The monoisotopic (exact) mass is 375 g/mol. The van der Waals surface area contributed by atoms with Crippen LogP contribution < -0.4 is 15.7 Å². The third-order valence-corrected chi connectivity index (χ3v) is 4.20. The van der Waals surface area contributed by atoms with Crippen molar-refractivity contribution >= 4 is 22.8 Å². The van der Waals surface area contributed by atoms with Gasteiger partial charge >= 0.3 is 11.6 Å². The van der Waals surface area contributed by atoms with Gasteiger partial charge in [0, 0.05) is 17.5 Å². The highest BCUT2D eigenvalue weighted by molar-refractivity contribution is 5.86. The number of aryl methyl sites for hydroxylation is 1. The standard InChI is InChI=1S/C20H25NO6/c1-4-6-13-10-18(22)27-17-11-14(8-9-15(13)17)26-12(3)19(23)21-16(7-5-2)20(24)25/h8-12,16H,4-7H2,1-3H3,(H,21,23)(H,24,25)/t12-,16+/m0/s1. The number of hydrogen-bond donors (Lipinski definition) is 2. The molecular weight excluding hydrogens is 350 g/mol. The number of aliphatic carboxylic acids is 1. The Labute approximate surface area is 157 Å². The summed E-state index contributed by atoms with van der Waals surface area (Å²) in [5, 5.41) is 12.4. The average molecular weight is 375 g/mol. The van der Waals surface area contributed by atoms with E-state index in [1.54, 1.807) is 18.2 Å². The Morgan fingerprint density at radius 2 is 1.96 bits per heavy atom. The lowest BCUT2D eigenvalue weighted by atomic mass is 10.1. The summed E-state index contributed by atoms with van der Waals surface area (Å²) in [7, 11) is 0. The number of ether oxygens (including phenoxy) is 1. The lowest BCUT2D eigenvalue weighted by molar-refractivity contribution is -0.143. The van der Waals surface area contributed by atoms with Crippen LogP contribution in [0.2, 0.25) is 0 Å². The highest BCUT2D eigenvalue weighted by atomic mass is 16.5. The molecule has 0 unspecified atom stereocenters. The number of benzene rings is 1. The lowest BCUT2D eigenvalue weighted by Gasteiger charge is -2.18. The molecule has 1 aromatic heterocycles. The van der Waals surface area contributed by atoms with Crippen LogP contribution in [0, 0.1) is 0 Å². The SMILES string of the molecule is CCCc1cc(=O)oc2cc(O[C@@H](C)C(=O)N[C@H](CCC)C(=O)O)ccc12. The topological polar surface area (TPSA) is 106 Å². The van der Waals surface area contributed by atoms with E-state index in [0.29, 0.717) is 24.2 Å². The molecule has 0 radical (unpaired) electrons. The molecule has 0 bridgehead atoms. The second-order valence-electron chi connectivity index (χ2n) is 6.45. The van der Waals surface area contributed by atoms with E-state index in [1.807, 2.05) is 13.8 Å². The number of nitrogens with one attached hydrogen (secondary N) is 1. The number of carbonyl (C=O) groups excluding carboxylic acids is 1. The Balaban J connectivity index is 2.16. The number of carboxylic acids is 1. The van der Waals surface area contributed by atoms with Gasteiger partial charge in [-0.3, -0.25) is 4.79 Å². The number of fused-ring (bicyclic) bond motifs is 1. The maximum Gasteiger partial charge on any atom is 0.336 e. The van der Waals surface area contributed by atoms with Crippen LogP contribution in [0.15, 0.2) is 33.5 Å². The molecule has 2 aromatic rings. The zero-order chi connectivity index (χ0) is 20.0. The number of amides is 1. The van der Waals surface area contributed by atoms with Crippen molar-refractivity contribution in [1.82, 2.24) is 5.32 Å². The molecule has 1 heterocycles. The fourth-order valence-electron chi connectivity index (χ4n) is 2.85. The molecule has 0 saturated carbocycles. The molecule has 0 aliphatic carbocycles. The van der Waals surface area contributed by atoms with Crippen LogP contribution in [0.3, 0.4) is 0 Å². The van der Waals surface area contributed by atoms with Gasteiger partial charge in [-0.05, 0) is 37.5 Å². The Hall–Kier alpha value is -2.83. The fraction of sp³-hybridized carbons (Fsp3) is 0.450. The maximum absolute atomic E-state index is 12.2. The molecule has 2 rings (SSSR count). The van der Waals surface area contributed by atoms with E-state index < -0.39 is 29.6 Å². The van der Waals surface area contributed by atoms with Crippen molar-refractivity contribution in [1.29, 1.82) is 0 Å². The summed E-state index contributed by atoms with van der Waals surface area (Å²) >= 11 is 0. The van der Waals surface area contributed by atoms with Crippen molar-refractivity contribution in [2.24, 2.45) is 0 Å². The molecule has 7 heteroatoms. The van der Waals surface area contributed by atoms with Crippen LogP contribution in [0.5, 0.6) is 5.75 Å². The van der Waals surface area contributed by atoms with Gasteiger partial charge in [-0.1, -0.05) is 26.7 Å². The Bertz CT molecular complexity index is 872. The van der Waals surface area contributed by atoms with Crippen molar-refractivity contribution in [3.05, 3.63) is 40.2 Å². The third kappa shape index (κ3) is 5.32. The van der Waals surface area contributed by atoms with E-state index in [-0.39, 0.29) is 0 Å². The highest BCUT2D eigenvalue weighted by Crippen LogP contribution is 2.24. The molecule has 2 N–H and O–H groups in total. The molecule has 0 aliphatic rings. The summed E-state index contributed by atoms with van der Waals surface area (Å²) in [4.78, 5) is 35.1. The number of rotatable bonds is 9. The summed E-state index contributed by atoms with van der Waals surface area (Å²) in [6, 6.07) is 5.61. The number of hydrogen-bond acceptors (Lipinski definition) is 5. The second-order valence-corrected chi connectivity index (χ2v) is 6.45. The predicted octanol–water partition coefficient (Wildman–Crippen LogP) is 2.88. The van der Waals surface area contributed by atoms with Gasteiger partial charge in [0.2, 0.25) is 0 Å². The third-order valence-electron chi connectivity index (χ3n) is 4.20. The summed E-state index contributed by atoms with van der Waals surface area (Å²) in [6.45, 7) is 5.41. The molecule has 2 atom stereocenters. The van der Waals surface area contributed by atoms with Crippen LogP contribution in [-0.2, 0) is 16.0 Å². The summed E-state index contributed by atoms with van der Waals surface area (Å²) in [6.07, 6.45) is 1.74. The van der Waals surface area contributed by atoms with Crippen LogP contribution in [0.1, 0.15) is 45.6 Å². The van der Waals surface area contributed by atoms with E-state index in [1.165, 1.54) is 13.0 Å². The predicted molar refractivity (Wildman–Crippen MR) is 101 cm³/mol. The Kier molecular flexibility index (Phi) is 6.98. The fourth-order valence-corrected chi connectivity index (χ4v) is 2.85. The quantitative estimate of drug-likeness (QED) is 0.653. The first-order valence-corrected chi connectivity index (χ1v) is 9.12. The minimum atomic E-state index is -1.08. The average Bonchev–Trinajstić information content (AvgIpc) is 2.60. The summed E-state index contributed by atoms with van der Waals surface area (Å²) in [5.41, 5.74) is 0.869. The van der Waals surface area contributed by atoms with Gasteiger partial charge < -0.3 is 19.6 Å². The van der Waals surface area contributed by atoms with Crippen molar-refractivity contribution < 1.29 is 23.8 Å². The lowest BCUT2D eigenvalue weighted by Crippen LogP contribution is -2.46. The molecule has 1 aromatic carbocycles. The van der Waals surface area contributed by atoms with Crippen LogP contribution in [-0.4, -0.2) is 29.1 Å². The van der Waals surface area contributed by atoms with E-state index in [2.05, 4.69) is 5.32 Å². The van der Waals surface area contributed by atoms with Gasteiger partial charge in [0.25, 0.3) is 5.91 Å². The minimum absolute atomic E-state index is 0.342. The molecule has 7 nitrogen and oxygen atoms in total. The minimum Gasteiger partial charge on any atom is -0.481 e. The molecular formula is C20H25NO6. The van der Waals surface area contributed by atoms with Crippen molar-refractivity contribution in [3.8, 4) is 5.75 Å². The van der Waals surface area contributed by atoms with Crippen molar-refractivity contribution in [3.63, 3.8) is 0 Å². The van der Waals surface area contributed by atoms with Crippen molar-refractivity contribution in [2.75, 3.05) is 0 Å². The first-order valence-electron chi connectivity index (χ1n) is 9.12. The van der Waals surface area contributed by atoms with Crippen LogP contribution in [0.4, 0.5) is 0 Å². The highest BCUT2D eigenvalue weighted by Gasteiger charge is 2.23. The zero-order valence-electron chi connectivity index (χ0n) is 15.8. The van der Waals surface area contributed by atoms with Gasteiger partial charge in [0.15, 0.2) is 6.10 Å². The maximum atomic E-state index is 12.2. The first-order chi connectivity index (χ1) is 12.8. The molecule has 0 fully saturated rings.